The van der Waals surface area contributed by atoms with Crippen LogP contribution in [-0.4, -0.2) is 18.9 Å². The van der Waals surface area contributed by atoms with Gasteiger partial charge in [0.2, 0.25) is 0 Å². The second-order valence-corrected chi connectivity index (χ2v) is 5.79. The molecule has 1 aliphatic rings. The van der Waals surface area contributed by atoms with Crippen molar-refractivity contribution in [3.05, 3.63) is 71.8 Å². The van der Waals surface area contributed by atoms with Crippen molar-refractivity contribution in [1.29, 1.82) is 0 Å². The molecule has 1 aliphatic heterocycles. The lowest BCUT2D eigenvalue weighted by molar-refractivity contribution is -0.122. The van der Waals surface area contributed by atoms with Gasteiger partial charge in [-0.3, -0.25) is 4.79 Å². The van der Waals surface area contributed by atoms with Gasteiger partial charge in [0.25, 0.3) is 0 Å². The zero-order chi connectivity index (χ0) is 16.7. The van der Waals surface area contributed by atoms with Crippen LogP contribution in [0.15, 0.2) is 60.7 Å². The Hall–Kier alpha value is -1.93. The first-order chi connectivity index (χ1) is 11.3. The first-order valence-electron chi connectivity index (χ1n) is 8.59. The van der Waals surface area contributed by atoms with Crippen molar-refractivity contribution in [2.24, 2.45) is 5.92 Å². The maximum atomic E-state index is 12.8. The third-order valence-corrected chi connectivity index (χ3v) is 4.69. The minimum Gasteiger partial charge on any atom is -0.316 e. The Labute approximate surface area is 139 Å². The van der Waals surface area contributed by atoms with Gasteiger partial charge in [-0.15, -0.1) is 0 Å². The first-order valence-corrected chi connectivity index (χ1v) is 8.59. The van der Waals surface area contributed by atoms with Crippen LogP contribution in [0, 0.1) is 5.92 Å². The zero-order valence-corrected chi connectivity index (χ0v) is 14.4. The minimum absolute atomic E-state index is 0.230. The number of nitrogens with one attached hydrogen (secondary N) is 1. The van der Waals surface area contributed by atoms with Gasteiger partial charge in [0, 0.05) is 0 Å². The molecule has 1 fully saturated rings. The van der Waals surface area contributed by atoms with Crippen molar-refractivity contribution in [3.63, 3.8) is 0 Å². The third kappa shape index (κ3) is 3.23. The smallest absolute Gasteiger partial charge is 0.145 e. The lowest BCUT2D eigenvalue weighted by Crippen LogP contribution is -2.44. The van der Waals surface area contributed by atoms with Crippen LogP contribution in [-0.2, 0) is 10.2 Å². The van der Waals surface area contributed by atoms with Crippen LogP contribution in [0.2, 0.25) is 0 Å². The molecule has 1 atom stereocenters. The normalized spacial score (nSPS) is 17.3. The van der Waals surface area contributed by atoms with Gasteiger partial charge < -0.3 is 5.32 Å². The number of carbonyl (C=O) groups is 1. The molecule has 23 heavy (non-hydrogen) atoms. The number of benzene rings is 2. The van der Waals surface area contributed by atoms with Crippen molar-refractivity contribution >= 4 is 5.78 Å². The van der Waals surface area contributed by atoms with Gasteiger partial charge in [0.15, 0.2) is 0 Å². The number of hydrogen-bond acceptors (Lipinski definition) is 2. The van der Waals surface area contributed by atoms with Gasteiger partial charge in [0.05, 0.1) is 5.41 Å². The Kier molecular flexibility index (Phi) is 6.12. The molecule has 2 aromatic carbocycles. The van der Waals surface area contributed by atoms with E-state index in [4.69, 9.17) is 0 Å². The van der Waals surface area contributed by atoms with E-state index in [-0.39, 0.29) is 5.78 Å². The maximum absolute atomic E-state index is 12.8. The number of rotatable bonds is 4. The summed E-state index contributed by atoms with van der Waals surface area (Å²) < 4.78 is 0. The van der Waals surface area contributed by atoms with Gasteiger partial charge in [-0.05, 0) is 43.5 Å². The van der Waals surface area contributed by atoms with Crippen LogP contribution < -0.4 is 5.32 Å². The van der Waals surface area contributed by atoms with Crippen molar-refractivity contribution in [1.82, 2.24) is 5.32 Å². The molecular weight excluding hydrogens is 282 g/mol. The molecule has 1 N–H and O–H groups in total. The van der Waals surface area contributed by atoms with Crippen LogP contribution in [0.3, 0.4) is 0 Å². The summed E-state index contributed by atoms with van der Waals surface area (Å²) in [6.07, 6.45) is 1.03. The molecule has 3 rings (SSSR count). The van der Waals surface area contributed by atoms with Crippen molar-refractivity contribution < 1.29 is 4.79 Å². The summed E-state index contributed by atoms with van der Waals surface area (Å²) in [5.74, 6) is 0.536. The molecule has 0 aliphatic carbocycles. The Bertz CT molecular complexity index is 561. The highest BCUT2D eigenvalue weighted by Gasteiger charge is 2.46. The van der Waals surface area contributed by atoms with E-state index >= 15 is 0 Å². The predicted octanol–water partition coefficient (Wildman–Crippen LogP) is 4.20. The van der Waals surface area contributed by atoms with Crippen LogP contribution >= 0.6 is 0 Å². The quantitative estimate of drug-likeness (QED) is 0.917. The monoisotopic (exact) mass is 309 g/mol. The van der Waals surface area contributed by atoms with E-state index in [1.807, 2.05) is 50.2 Å². The fraction of sp³-hybridized carbons (Fsp3) is 0.381. The lowest BCUT2D eigenvalue weighted by atomic mass is 9.63. The summed E-state index contributed by atoms with van der Waals surface area (Å²) in [5.41, 5.74) is 1.68. The van der Waals surface area contributed by atoms with E-state index in [2.05, 4.69) is 29.6 Å². The van der Waals surface area contributed by atoms with Crippen LogP contribution in [0.5, 0.6) is 0 Å². The standard InChI is InChI=1S/C19H21NO.C2H6/c1-15(21)19(18-12-13-20-14-18,16-8-4-2-5-9-16)17-10-6-3-7-11-17;1-2/h2-11,18,20H,12-14H2,1H3;1-2H3. The zero-order valence-electron chi connectivity index (χ0n) is 14.4. The maximum Gasteiger partial charge on any atom is 0.145 e. The molecule has 2 aromatic rings. The van der Waals surface area contributed by atoms with E-state index in [0.717, 1.165) is 30.6 Å². The average molecular weight is 309 g/mol. The number of Topliss-reactive ketones (excluding diaryl/α,β-unsaturated/α-hetero) is 1. The first kappa shape index (κ1) is 17.4. The average Bonchev–Trinajstić information content (AvgIpc) is 3.14. The van der Waals surface area contributed by atoms with E-state index in [1.54, 1.807) is 6.92 Å². The fourth-order valence-electron chi connectivity index (χ4n) is 3.76. The van der Waals surface area contributed by atoms with E-state index in [9.17, 15) is 4.79 Å². The number of carbonyl (C=O) groups excluding carboxylic acids is 1. The molecule has 2 nitrogen and oxygen atoms in total. The summed E-state index contributed by atoms with van der Waals surface area (Å²) in [4.78, 5) is 12.8. The summed E-state index contributed by atoms with van der Waals surface area (Å²) in [6, 6.07) is 20.5. The third-order valence-electron chi connectivity index (χ3n) is 4.69. The Morgan fingerprint density at radius 3 is 1.78 bits per heavy atom. The largest absolute Gasteiger partial charge is 0.316 e. The highest BCUT2D eigenvalue weighted by Crippen LogP contribution is 2.42. The molecule has 2 heteroatoms. The molecular formula is C21H27NO. The van der Waals surface area contributed by atoms with Gasteiger partial charge in [-0.2, -0.15) is 0 Å². The van der Waals surface area contributed by atoms with E-state index < -0.39 is 5.41 Å². The second-order valence-electron chi connectivity index (χ2n) is 5.79. The highest BCUT2D eigenvalue weighted by molar-refractivity contribution is 5.92. The molecule has 0 bridgehead atoms. The molecule has 0 aromatic heterocycles. The predicted molar refractivity (Wildman–Crippen MR) is 96.7 cm³/mol. The topological polar surface area (TPSA) is 29.1 Å². The number of hydrogen-bond donors (Lipinski definition) is 1. The summed E-state index contributed by atoms with van der Waals surface area (Å²) in [6.45, 7) is 7.61. The Morgan fingerprint density at radius 2 is 1.43 bits per heavy atom. The Morgan fingerprint density at radius 1 is 0.957 bits per heavy atom. The molecule has 1 unspecified atom stereocenters. The van der Waals surface area contributed by atoms with Gasteiger partial charge in [-0.25, -0.2) is 0 Å². The molecule has 0 amide bonds. The minimum atomic E-state index is -0.536. The highest BCUT2D eigenvalue weighted by atomic mass is 16.1. The summed E-state index contributed by atoms with van der Waals surface area (Å²) in [5, 5.41) is 3.42. The second kappa shape index (κ2) is 8.07. The fourth-order valence-corrected chi connectivity index (χ4v) is 3.76. The van der Waals surface area contributed by atoms with E-state index in [0.29, 0.717) is 5.92 Å². The summed E-state index contributed by atoms with van der Waals surface area (Å²) >= 11 is 0. The van der Waals surface area contributed by atoms with Crippen molar-refractivity contribution in [2.75, 3.05) is 13.1 Å². The van der Waals surface area contributed by atoms with Crippen molar-refractivity contribution in [2.45, 2.75) is 32.6 Å². The van der Waals surface area contributed by atoms with Gasteiger partial charge >= 0.3 is 0 Å². The van der Waals surface area contributed by atoms with Gasteiger partial charge in [-0.1, -0.05) is 74.5 Å². The molecule has 0 saturated carbocycles. The van der Waals surface area contributed by atoms with Crippen LogP contribution in [0.25, 0.3) is 0 Å². The molecule has 1 saturated heterocycles. The molecule has 122 valence electrons. The lowest BCUT2D eigenvalue weighted by Gasteiger charge is -2.38. The molecule has 1 heterocycles. The number of ketones is 1. The SMILES string of the molecule is CC.CC(=O)C(c1ccccc1)(c1ccccc1)C1CCNC1. The van der Waals surface area contributed by atoms with Crippen LogP contribution in [0.1, 0.15) is 38.3 Å². The van der Waals surface area contributed by atoms with Gasteiger partial charge in [0.1, 0.15) is 5.78 Å². The summed E-state index contributed by atoms with van der Waals surface area (Å²) in [7, 11) is 0. The molecule has 0 radical (unpaired) electrons. The van der Waals surface area contributed by atoms with Crippen LogP contribution in [0.4, 0.5) is 0 Å². The van der Waals surface area contributed by atoms with Crippen molar-refractivity contribution in [3.8, 4) is 0 Å². The molecule has 0 spiro atoms. The Balaban J connectivity index is 0.000000924. The van der Waals surface area contributed by atoms with E-state index in [1.165, 1.54) is 0 Å².